The zero-order valence-electron chi connectivity index (χ0n) is 15.7. The normalized spacial score (nSPS) is 22.1. The van der Waals surface area contributed by atoms with Crippen LogP contribution in [-0.2, 0) is 24.9 Å². The first-order valence-corrected chi connectivity index (χ1v) is 12.5. The zero-order valence-corrected chi connectivity index (χ0v) is 19.5. The van der Waals surface area contributed by atoms with Crippen molar-refractivity contribution in [1.82, 2.24) is 19.5 Å². The topological polar surface area (TPSA) is 101 Å². The van der Waals surface area contributed by atoms with E-state index in [0.29, 0.717) is 48.2 Å². The van der Waals surface area contributed by atoms with Gasteiger partial charge in [-0.3, -0.25) is 9.09 Å². The number of rotatable bonds is 7. The summed E-state index contributed by atoms with van der Waals surface area (Å²) in [5.41, 5.74) is 2.14. The fourth-order valence-electron chi connectivity index (χ4n) is 3.09. The molecule has 3 aromatic rings. The van der Waals surface area contributed by atoms with Gasteiger partial charge in [-0.2, -0.15) is 0 Å². The van der Waals surface area contributed by atoms with Crippen LogP contribution in [0.15, 0.2) is 41.9 Å². The number of fused-ring (bicyclic) bond motifs is 1. The molecule has 2 atom stereocenters. The van der Waals surface area contributed by atoms with E-state index in [4.69, 9.17) is 25.4 Å². The molecule has 0 bridgehead atoms. The van der Waals surface area contributed by atoms with E-state index in [0.717, 1.165) is 5.56 Å². The molecule has 1 saturated heterocycles. The minimum Gasteiger partial charge on any atom is -0.367 e. The second-order valence-corrected chi connectivity index (χ2v) is 9.40. The van der Waals surface area contributed by atoms with Gasteiger partial charge in [0.2, 0.25) is 0 Å². The molecule has 1 aliphatic rings. The Morgan fingerprint density at radius 1 is 1.40 bits per heavy atom. The fraction of sp³-hybridized carbons (Fsp3) is 0.333. The van der Waals surface area contributed by atoms with Gasteiger partial charge < -0.3 is 13.8 Å². The average Bonchev–Trinajstić information content (AvgIpc) is 3.16. The van der Waals surface area contributed by atoms with Crippen LogP contribution in [0.1, 0.15) is 18.1 Å². The Labute approximate surface area is 191 Å². The maximum absolute atomic E-state index is 12.9. The molecule has 4 rings (SSSR count). The van der Waals surface area contributed by atoms with Gasteiger partial charge in [0, 0.05) is 18.0 Å². The molecule has 0 saturated carbocycles. The summed E-state index contributed by atoms with van der Waals surface area (Å²) in [6.45, 7) is 1.10. The Morgan fingerprint density at radius 2 is 2.30 bits per heavy atom. The second-order valence-electron chi connectivity index (χ2n) is 6.45. The highest BCUT2D eigenvalue weighted by molar-refractivity contribution is 14.1. The van der Waals surface area contributed by atoms with E-state index in [2.05, 4.69) is 19.9 Å². The van der Waals surface area contributed by atoms with E-state index in [1.165, 1.54) is 6.33 Å². The Morgan fingerprint density at radius 3 is 3.13 bits per heavy atom. The molecule has 12 heteroatoms. The number of ether oxygens (including phenoxy) is 1. The van der Waals surface area contributed by atoms with Crippen LogP contribution < -0.4 is 0 Å². The molecule has 2 aromatic heterocycles. The molecule has 1 aliphatic heterocycles. The van der Waals surface area contributed by atoms with Crippen molar-refractivity contribution >= 4 is 63.0 Å². The van der Waals surface area contributed by atoms with Gasteiger partial charge in [0.25, 0.3) is 0 Å². The van der Waals surface area contributed by atoms with Crippen LogP contribution in [0.3, 0.4) is 0 Å². The first-order valence-electron chi connectivity index (χ1n) is 9.12. The summed E-state index contributed by atoms with van der Waals surface area (Å²) in [4.78, 5) is 16.9. The SMILES string of the molecule is O=P1(COCCn2cnc3c(N=CI)ncnc32)OCC[C@@H](c2cccc(Cl)c2)O1. The van der Waals surface area contributed by atoms with Crippen LogP contribution in [0.4, 0.5) is 5.82 Å². The minimum atomic E-state index is -3.36. The highest BCUT2D eigenvalue weighted by Crippen LogP contribution is 2.56. The fourth-order valence-corrected chi connectivity index (χ4v) is 5.10. The molecule has 0 amide bonds. The maximum atomic E-state index is 12.9. The summed E-state index contributed by atoms with van der Waals surface area (Å²) in [5.74, 6) is 0.509. The monoisotopic (exact) mass is 561 g/mol. The van der Waals surface area contributed by atoms with Gasteiger partial charge in [-0.1, -0.05) is 23.7 Å². The molecular weight excluding hydrogens is 544 g/mol. The summed E-state index contributed by atoms with van der Waals surface area (Å²) < 4.78 is 33.2. The van der Waals surface area contributed by atoms with Crippen LogP contribution in [0.5, 0.6) is 0 Å². The number of hydrogen-bond donors (Lipinski definition) is 0. The van der Waals surface area contributed by atoms with Crippen molar-refractivity contribution in [1.29, 1.82) is 0 Å². The number of aromatic nitrogens is 4. The highest BCUT2D eigenvalue weighted by Gasteiger charge is 2.34. The van der Waals surface area contributed by atoms with E-state index >= 15 is 0 Å². The van der Waals surface area contributed by atoms with Crippen molar-refractivity contribution in [3.63, 3.8) is 0 Å². The van der Waals surface area contributed by atoms with Gasteiger partial charge in [-0.25, -0.2) is 19.9 Å². The second kappa shape index (κ2) is 9.80. The van der Waals surface area contributed by atoms with Gasteiger partial charge in [-0.05, 0) is 40.3 Å². The molecule has 0 spiro atoms. The van der Waals surface area contributed by atoms with Crippen molar-refractivity contribution in [2.24, 2.45) is 4.99 Å². The average molecular weight is 562 g/mol. The lowest BCUT2D eigenvalue weighted by atomic mass is 10.1. The van der Waals surface area contributed by atoms with E-state index in [-0.39, 0.29) is 12.5 Å². The Kier molecular flexibility index (Phi) is 7.12. The predicted molar refractivity (Wildman–Crippen MR) is 122 cm³/mol. The van der Waals surface area contributed by atoms with E-state index in [1.807, 2.05) is 45.4 Å². The number of imidazole rings is 1. The lowest BCUT2D eigenvalue weighted by molar-refractivity contribution is 0.0563. The number of benzene rings is 1. The zero-order chi connectivity index (χ0) is 21.0. The largest absolute Gasteiger partial charge is 0.367 e. The third-order valence-corrected chi connectivity index (χ3v) is 6.62. The summed E-state index contributed by atoms with van der Waals surface area (Å²) in [6.07, 6.45) is 3.24. The maximum Gasteiger partial charge on any atom is 0.356 e. The minimum absolute atomic E-state index is 0.129. The molecule has 0 aliphatic carbocycles. The van der Waals surface area contributed by atoms with Crippen LogP contribution in [0, 0.1) is 0 Å². The van der Waals surface area contributed by atoms with E-state index in [9.17, 15) is 4.57 Å². The lowest BCUT2D eigenvalue weighted by Crippen LogP contribution is -2.17. The van der Waals surface area contributed by atoms with Crippen molar-refractivity contribution in [2.45, 2.75) is 19.1 Å². The molecule has 0 radical (unpaired) electrons. The molecule has 3 heterocycles. The smallest absolute Gasteiger partial charge is 0.356 e. The Balaban J connectivity index is 1.34. The Hall–Kier alpha value is -1.43. The number of nitrogens with zero attached hydrogens (tertiary/aromatic N) is 5. The van der Waals surface area contributed by atoms with Crippen molar-refractivity contribution in [3.8, 4) is 0 Å². The van der Waals surface area contributed by atoms with Crippen LogP contribution in [0.25, 0.3) is 11.2 Å². The molecule has 1 aromatic carbocycles. The molecule has 9 nitrogen and oxygen atoms in total. The van der Waals surface area contributed by atoms with E-state index in [1.54, 1.807) is 16.6 Å². The summed E-state index contributed by atoms with van der Waals surface area (Å²) in [6, 6.07) is 7.34. The first kappa shape index (κ1) is 21.8. The predicted octanol–water partition coefficient (Wildman–Crippen LogP) is 4.92. The molecule has 158 valence electrons. The standard InChI is InChI=1S/C18H18ClIN5O4P/c19-14-3-1-2-13(8-14)15-4-6-28-30(26,29-15)12-27-7-5-25-11-24-16-17(21-9-20)22-10-23-18(16)25/h1-3,8-11,15H,4-7,12H2/t15-,30?/m0/s1. The molecular formula is C18H18ClIN5O4P. The molecule has 1 fully saturated rings. The van der Waals surface area contributed by atoms with Crippen LogP contribution in [0.2, 0.25) is 5.02 Å². The molecule has 0 N–H and O–H groups in total. The molecule has 1 unspecified atom stereocenters. The van der Waals surface area contributed by atoms with Crippen LogP contribution in [-0.4, -0.2) is 43.3 Å². The van der Waals surface area contributed by atoms with E-state index < -0.39 is 7.60 Å². The summed E-state index contributed by atoms with van der Waals surface area (Å²) in [5, 5.41) is 0.609. The van der Waals surface area contributed by atoms with Gasteiger partial charge in [0.05, 0.1) is 29.9 Å². The van der Waals surface area contributed by atoms with Crippen molar-refractivity contribution < 1.29 is 18.3 Å². The number of aliphatic imine (C=N–C) groups is 1. The number of hydrogen-bond acceptors (Lipinski definition) is 8. The van der Waals surface area contributed by atoms with Gasteiger partial charge in [0.15, 0.2) is 17.0 Å². The third kappa shape index (κ3) is 5.06. The summed E-state index contributed by atoms with van der Waals surface area (Å²) >= 11 is 8.07. The summed E-state index contributed by atoms with van der Waals surface area (Å²) in [7, 11) is -3.36. The lowest BCUT2D eigenvalue weighted by Gasteiger charge is -2.30. The molecule has 30 heavy (non-hydrogen) atoms. The quantitative estimate of drug-likeness (QED) is 0.175. The van der Waals surface area contributed by atoms with Gasteiger partial charge in [0.1, 0.15) is 12.7 Å². The third-order valence-electron chi connectivity index (χ3n) is 4.46. The Bertz CT molecular complexity index is 1110. The number of halogens is 2. The first-order chi connectivity index (χ1) is 14.6. The van der Waals surface area contributed by atoms with Crippen LogP contribution >= 0.6 is 41.8 Å². The van der Waals surface area contributed by atoms with Gasteiger partial charge >= 0.3 is 7.60 Å². The van der Waals surface area contributed by atoms with Crippen molar-refractivity contribution in [2.75, 3.05) is 19.6 Å². The van der Waals surface area contributed by atoms with Gasteiger partial charge in [-0.15, -0.1) is 0 Å². The van der Waals surface area contributed by atoms with Crippen molar-refractivity contribution in [3.05, 3.63) is 47.5 Å². The highest BCUT2D eigenvalue weighted by atomic mass is 127.